The summed E-state index contributed by atoms with van der Waals surface area (Å²) in [7, 11) is 4.71. The molecule has 8 nitrogen and oxygen atoms in total. The summed E-state index contributed by atoms with van der Waals surface area (Å²) in [6.07, 6.45) is 3.15. The Morgan fingerprint density at radius 1 is 0.964 bits per heavy atom. The average Bonchev–Trinajstić information content (AvgIpc) is 3.12. The molecule has 0 saturated carbocycles. The van der Waals surface area contributed by atoms with Crippen LogP contribution >= 0.6 is 0 Å². The highest BCUT2D eigenvalue weighted by molar-refractivity contribution is 6.08. The molecule has 4 aromatic rings. The molecule has 2 aromatic heterocycles. The first-order valence-electron chi connectivity index (χ1n) is 8.56. The fraction of sp³-hybridized carbons (Fsp3) is 0.150. The average molecular weight is 377 g/mol. The van der Waals surface area contributed by atoms with Gasteiger partial charge in [-0.3, -0.25) is 5.43 Å². The molecule has 0 aliphatic heterocycles. The second-order valence-corrected chi connectivity index (χ2v) is 5.91. The number of benzene rings is 2. The number of hydrogen-bond acceptors (Lipinski definition) is 7. The first-order chi connectivity index (χ1) is 13.8. The normalized spacial score (nSPS) is 11.2. The Labute approximate surface area is 161 Å². The molecule has 2 aromatic carbocycles. The second-order valence-electron chi connectivity index (χ2n) is 5.91. The summed E-state index contributed by atoms with van der Waals surface area (Å²) in [5.74, 6) is 2.21. The van der Waals surface area contributed by atoms with Gasteiger partial charge in [-0.15, -0.1) is 0 Å². The standard InChI is InChI=1S/C20H19N5O3/c1-26-15-9-8-12(18(27-2)19(15)28-3)10-23-25-20-17-16(21-11-22-20)13-6-4-5-7-14(13)24-17/h4-11,24H,1-3H3,(H,21,22,25). The van der Waals surface area contributed by atoms with E-state index >= 15 is 0 Å². The van der Waals surface area contributed by atoms with Crippen molar-refractivity contribution >= 4 is 34.0 Å². The molecule has 28 heavy (non-hydrogen) atoms. The Morgan fingerprint density at radius 2 is 1.79 bits per heavy atom. The largest absolute Gasteiger partial charge is 0.493 e. The third kappa shape index (κ3) is 2.94. The highest BCUT2D eigenvalue weighted by Crippen LogP contribution is 2.39. The monoisotopic (exact) mass is 377 g/mol. The minimum absolute atomic E-state index is 0.508. The minimum Gasteiger partial charge on any atom is -0.493 e. The van der Waals surface area contributed by atoms with Crippen LogP contribution in [0.25, 0.3) is 21.9 Å². The number of aromatic amines is 1. The Kier molecular flexibility index (Phi) is 4.67. The van der Waals surface area contributed by atoms with Gasteiger partial charge in [0.2, 0.25) is 5.75 Å². The molecule has 0 bridgehead atoms. The van der Waals surface area contributed by atoms with E-state index in [1.54, 1.807) is 33.6 Å². The maximum absolute atomic E-state index is 5.47. The van der Waals surface area contributed by atoms with Gasteiger partial charge in [-0.2, -0.15) is 5.10 Å². The van der Waals surface area contributed by atoms with Crippen LogP contribution in [0.4, 0.5) is 5.82 Å². The Hall–Kier alpha value is -3.81. The molecule has 0 saturated heterocycles. The molecule has 2 N–H and O–H groups in total. The van der Waals surface area contributed by atoms with Gasteiger partial charge in [-0.25, -0.2) is 9.97 Å². The van der Waals surface area contributed by atoms with Crippen molar-refractivity contribution in [1.82, 2.24) is 15.0 Å². The molecule has 8 heteroatoms. The lowest BCUT2D eigenvalue weighted by atomic mass is 10.2. The summed E-state index contributed by atoms with van der Waals surface area (Å²) in [6, 6.07) is 11.6. The maximum Gasteiger partial charge on any atom is 0.203 e. The maximum atomic E-state index is 5.47. The van der Waals surface area contributed by atoms with Gasteiger partial charge in [0.25, 0.3) is 0 Å². The van der Waals surface area contributed by atoms with Crippen molar-refractivity contribution in [1.29, 1.82) is 0 Å². The fourth-order valence-corrected chi connectivity index (χ4v) is 3.12. The molecule has 0 unspecified atom stereocenters. The molecular weight excluding hydrogens is 358 g/mol. The molecule has 0 amide bonds. The number of para-hydroxylation sites is 1. The molecule has 0 radical (unpaired) electrons. The van der Waals surface area contributed by atoms with Crippen LogP contribution in [0.3, 0.4) is 0 Å². The summed E-state index contributed by atoms with van der Waals surface area (Å²) in [4.78, 5) is 12.0. The van der Waals surface area contributed by atoms with E-state index in [0.717, 1.165) is 27.5 Å². The van der Waals surface area contributed by atoms with Crippen LogP contribution in [-0.2, 0) is 0 Å². The van der Waals surface area contributed by atoms with E-state index < -0.39 is 0 Å². The number of hydrazone groups is 1. The van der Waals surface area contributed by atoms with Crippen molar-refractivity contribution in [3.8, 4) is 17.2 Å². The van der Waals surface area contributed by atoms with Crippen molar-refractivity contribution in [3.05, 3.63) is 48.3 Å². The SMILES string of the molecule is COc1ccc(C=NNc2ncnc3c2[nH]c2ccccc23)c(OC)c1OC. The van der Waals surface area contributed by atoms with Crippen molar-refractivity contribution in [3.63, 3.8) is 0 Å². The zero-order valence-corrected chi connectivity index (χ0v) is 15.7. The number of methoxy groups -OCH3 is 3. The van der Waals surface area contributed by atoms with E-state index in [1.807, 2.05) is 30.3 Å². The van der Waals surface area contributed by atoms with Gasteiger partial charge in [0.15, 0.2) is 17.3 Å². The van der Waals surface area contributed by atoms with Crippen LogP contribution in [0.15, 0.2) is 47.8 Å². The van der Waals surface area contributed by atoms with Crippen LogP contribution < -0.4 is 19.6 Å². The molecule has 0 aliphatic carbocycles. The molecule has 0 aliphatic rings. The van der Waals surface area contributed by atoms with Gasteiger partial charge in [-0.1, -0.05) is 18.2 Å². The third-order valence-corrected chi connectivity index (χ3v) is 4.40. The van der Waals surface area contributed by atoms with Crippen LogP contribution in [-0.4, -0.2) is 42.5 Å². The van der Waals surface area contributed by atoms with E-state index in [-0.39, 0.29) is 0 Å². The quantitative estimate of drug-likeness (QED) is 0.394. The number of nitrogens with one attached hydrogen (secondary N) is 2. The van der Waals surface area contributed by atoms with Gasteiger partial charge in [-0.05, 0) is 18.2 Å². The molecule has 0 atom stereocenters. The summed E-state index contributed by atoms with van der Waals surface area (Å²) < 4.78 is 16.2. The molecule has 142 valence electrons. The van der Waals surface area contributed by atoms with Crippen LogP contribution in [0.5, 0.6) is 17.2 Å². The summed E-state index contributed by atoms with van der Waals surface area (Å²) >= 11 is 0. The lowest BCUT2D eigenvalue weighted by molar-refractivity contribution is 0.324. The van der Waals surface area contributed by atoms with Crippen molar-refractivity contribution in [2.75, 3.05) is 26.8 Å². The first kappa shape index (κ1) is 17.6. The summed E-state index contributed by atoms with van der Waals surface area (Å²) in [5, 5.41) is 5.35. The lowest BCUT2D eigenvalue weighted by Crippen LogP contribution is -2.00. The predicted octanol–water partition coefficient (Wildman–Crippen LogP) is 3.58. The smallest absolute Gasteiger partial charge is 0.203 e. The first-order valence-corrected chi connectivity index (χ1v) is 8.56. The van der Waals surface area contributed by atoms with Crippen LogP contribution in [0, 0.1) is 0 Å². The molecule has 0 fully saturated rings. The van der Waals surface area contributed by atoms with Crippen LogP contribution in [0.2, 0.25) is 0 Å². The fourth-order valence-electron chi connectivity index (χ4n) is 3.12. The van der Waals surface area contributed by atoms with Crippen molar-refractivity contribution in [2.45, 2.75) is 0 Å². The van der Waals surface area contributed by atoms with Gasteiger partial charge in [0.1, 0.15) is 17.4 Å². The third-order valence-electron chi connectivity index (χ3n) is 4.40. The van der Waals surface area contributed by atoms with E-state index in [2.05, 4.69) is 25.5 Å². The molecular formula is C20H19N5O3. The number of nitrogens with zero attached hydrogens (tertiary/aromatic N) is 3. The van der Waals surface area contributed by atoms with Gasteiger partial charge in [0, 0.05) is 16.5 Å². The van der Waals surface area contributed by atoms with E-state index in [1.165, 1.54) is 6.33 Å². The number of aromatic nitrogens is 3. The topological polar surface area (TPSA) is 93.7 Å². The zero-order valence-electron chi connectivity index (χ0n) is 15.7. The summed E-state index contributed by atoms with van der Waals surface area (Å²) in [5.41, 5.74) is 6.33. The highest BCUT2D eigenvalue weighted by Gasteiger charge is 2.15. The second kappa shape index (κ2) is 7.43. The number of rotatable bonds is 6. The molecule has 0 spiro atoms. The van der Waals surface area contributed by atoms with Crippen molar-refractivity contribution in [2.24, 2.45) is 5.10 Å². The summed E-state index contributed by atoms with van der Waals surface area (Å²) in [6.45, 7) is 0. The molecule has 4 rings (SSSR count). The lowest BCUT2D eigenvalue weighted by Gasteiger charge is -2.13. The Morgan fingerprint density at radius 3 is 2.57 bits per heavy atom. The number of ether oxygens (including phenoxy) is 3. The van der Waals surface area contributed by atoms with Crippen LogP contribution in [0.1, 0.15) is 5.56 Å². The van der Waals surface area contributed by atoms with E-state index in [9.17, 15) is 0 Å². The molecule has 2 heterocycles. The predicted molar refractivity (Wildman–Crippen MR) is 109 cm³/mol. The Balaban J connectivity index is 1.67. The number of anilines is 1. The van der Waals surface area contributed by atoms with Gasteiger partial charge < -0.3 is 19.2 Å². The number of fused-ring (bicyclic) bond motifs is 3. The minimum atomic E-state index is 0.508. The van der Waals surface area contributed by atoms with Crippen molar-refractivity contribution < 1.29 is 14.2 Å². The highest BCUT2D eigenvalue weighted by atomic mass is 16.5. The number of H-pyrrole nitrogens is 1. The van der Waals surface area contributed by atoms with E-state index in [4.69, 9.17) is 14.2 Å². The van der Waals surface area contributed by atoms with Gasteiger partial charge >= 0.3 is 0 Å². The number of hydrogen-bond donors (Lipinski definition) is 2. The van der Waals surface area contributed by atoms with Gasteiger partial charge in [0.05, 0.1) is 27.5 Å². The Bertz CT molecular complexity index is 1170. The van der Waals surface area contributed by atoms with E-state index in [0.29, 0.717) is 23.1 Å². The zero-order chi connectivity index (χ0) is 19.5.